The Bertz CT molecular complexity index is 526. The summed E-state index contributed by atoms with van der Waals surface area (Å²) in [6, 6.07) is 6.01. The van der Waals surface area contributed by atoms with Gasteiger partial charge >= 0.3 is 6.01 Å². The van der Waals surface area contributed by atoms with E-state index in [-0.39, 0.29) is 6.01 Å². The molecule has 18 heavy (non-hydrogen) atoms. The highest BCUT2D eigenvalue weighted by Crippen LogP contribution is 2.31. The Morgan fingerprint density at radius 1 is 1.17 bits per heavy atom. The Morgan fingerprint density at radius 3 is 2.50 bits per heavy atom. The molecule has 0 unspecified atom stereocenters. The van der Waals surface area contributed by atoms with Crippen molar-refractivity contribution in [2.45, 2.75) is 13.3 Å². The predicted octanol–water partition coefficient (Wildman–Crippen LogP) is 2.42. The summed E-state index contributed by atoms with van der Waals surface area (Å²) >= 11 is 0. The number of nitrogens with two attached hydrogens (primary N) is 1. The van der Waals surface area contributed by atoms with Crippen LogP contribution in [0.4, 0.5) is 5.69 Å². The summed E-state index contributed by atoms with van der Waals surface area (Å²) in [6.07, 6.45) is 3.93. The number of aromatic nitrogens is 2. The fourth-order valence-corrected chi connectivity index (χ4v) is 1.49. The lowest BCUT2D eigenvalue weighted by Crippen LogP contribution is -1.96. The topological polar surface area (TPSA) is 70.3 Å². The van der Waals surface area contributed by atoms with E-state index in [1.165, 1.54) is 18.0 Å². The van der Waals surface area contributed by atoms with Crippen LogP contribution in [-0.4, -0.2) is 17.1 Å². The van der Waals surface area contributed by atoms with Gasteiger partial charge in [-0.05, 0) is 24.1 Å². The number of nitrogen functional groups attached to an aromatic ring is 1. The SMILES string of the molecule is CCc1ccc(Oc2ncc(N)cn2)c(OC)c1. The second kappa shape index (κ2) is 5.35. The summed E-state index contributed by atoms with van der Waals surface area (Å²) in [5.41, 5.74) is 7.18. The van der Waals surface area contributed by atoms with Gasteiger partial charge in [-0.2, -0.15) is 0 Å². The lowest BCUT2D eigenvalue weighted by Gasteiger charge is -2.10. The maximum atomic E-state index is 5.55. The first-order valence-electron chi connectivity index (χ1n) is 5.65. The number of anilines is 1. The second-order valence-electron chi connectivity index (χ2n) is 3.74. The molecule has 1 aromatic carbocycles. The van der Waals surface area contributed by atoms with Crippen molar-refractivity contribution in [2.75, 3.05) is 12.8 Å². The molecule has 0 amide bonds. The van der Waals surface area contributed by atoms with E-state index in [0.29, 0.717) is 17.2 Å². The molecule has 0 aliphatic heterocycles. The Labute approximate surface area is 106 Å². The summed E-state index contributed by atoms with van der Waals surface area (Å²) in [5.74, 6) is 1.24. The van der Waals surface area contributed by atoms with Crippen molar-refractivity contribution in [2.24, 2.45) is 0 Å². The first-order valence-corrected chi connectivity index (χ1v) is 5.65. The zero-order valence-electron chi connectivity index (χ0n) is 10.4. The van der Waals surface area contributed by atoms with Crippen LogP contribution < -0.4 is 15.2 Å². The summed E-state index contributed by atoms with van der Waals surface area (Å²) in [6.45, 7) is 2.08. The molecule has 5 nitrogen and oxygen atoms in total. The molecule has 0 aliphatic rings. The van der Waals surface area contributed by atoms with Crippen LogP contribution in [0.2, 0.25) is 0 Å². The predicted molar refractivity (Wildman–Crippen MR) is 68.9 cm³/mol. The minimum absolute atomic E-state index is 0.242. The molecule has 2 aromatic rings. The van der Waals surface area contributed by atoms with Crippen molar-refractivity contribution in [3.05, 3.63) is 36.2 Å². The Hall–Kier alpha value is -2.30. The Kier molecular flexibility index (Phi) is 3.62. The van der Waals surface area contributed by atoms with Crippen molar-refractivity contribution in [3.8, 4) is 17.5 Å². The molecule has 2 N–H and O–H groups in total. The van der Waals surface area contributed by atoms with E-state index in [0.717, 1.165) is 6.42 Å². The van der Waals surface area contributed by atoms with Crippen LogP contribution in [0, 0.1) is 0 Å². The molecule has 0 saturated carbocycles. The van der Waals surface area contributed by atoms with Gasteiger partial charge in [0.05, 0.1) is 25.2 Å². The fourth-order valence-electron chi connectivity index (χ4n) is 1.49. The van der Waals surface area contributed by atoms with Crippen molar-refractivity contribution >= 4 is 5.69 Å². The van der Waals surface area contributed by atoms with Gasteiger partial charge in [0.2, 0.25) is 0 Å². The van der Waals surface area contributed by atoms with Gasteiger partial charge in [-0.15, -0.1) is 0 Å². The van der Waals surface area contributed by atoms with Crippen LogP contribution in [0.5, 0.6) is 17.5 Å². The normalized spacial score (nSPS) is 10.1. The van der Waals surface area contributed by atoms with Crippen molar-refractivity contribution in [3.63, 3.8) is 0 Å². The highest BCUT2D eigenvalue weighted by molar-refractivity contribution is 5.44. The molecule has 0 radical (unpaired) electrons. The highest BCUT2D eigenvalue weighted by atomic mass is 16.5. The van der Waals surface area contributed by atoms with E-state index in [1.807, 2.05) is 18.2 Å². The number of benzene rings is 1. The van der Waals surface area contributed by atoms with E-state index in [2.05, 4.69) is 16.9 Å². The van der Waals surface area contributed by atoms with E-state index in [9.17, 15) is 0 Å². The minimum atomic E-state index is 0.242. The molecule has 94 valence electrons. The Balaban J connectivity index is 2.25. The molecular weight excluding hydrogens is 230 g/mol. The van der Waals surface area contributed by atoms with Gasteiger partial charge in [-0.3, -0.25) is 0 Å². The Morgan fingerprint density at radius 2 is 1.89 bits per heavy atom. The number of rotatable bonds is 4. The van der Waals surface area contributed by atoms with Crippen LogP contribution >= 0.6 is 0 Å². The molecular formula is C13H15N3O2. The first kappa shape index (κ1) is 12.2. The maximum Gasteiger partial charge on any atom is 0.322 e. The lowest BCUT2D eigenvalue weighted by molar-refractivity contribution is 0.367. The van der Waals surface area contributed by atoms with E-state index in [4.69, 9.17) is 15.2 Å². The van der Waals surface area contributed by atoms with Gasteiger partial charge in [0.1, 0.15) is 0 Å². The molecule has 5 heteroatoms. The summed E-state index contributed by atoms with van der Waals surface area (Å²) in [5, 5.41) is 0. The molecule has 0 atom stereocenters. The number of hydrogen-bond acceptors (Lipinski definition) is 5. The summed E-state index contributed by atoms with van der Waals surface area (Å²) in [4.78, 5) is 7.96. The average molecular weight is 245 g/mol. The van der Waals surface area contributed by atoms with E-state index < -0.39 is 0 Å². The first-order chi connectivity index (χ1) is 8.72. The van der Waals surface area contributed by atoms with Gasteiger partial charge in [0, 0.05) is 0 Å². The van der Waals surface area contributed by atoms with Crippen molar-refractivity contribution in [1.82, 2.24) is 9.97 Å². The number of ether oxygens (including phenoxy) is 2. The molecule has 2 rings (SSSR count). The van der Waals surface area contributed by atoms with Crippen LogP contribution in [0.25, 0.3) is 0 Å². The van der Waals surface area contributed by atoms with Crippen molar-refractivity contribution in [1.29, 1.82) is 0 Å². The molecule has 1 aromatic heterocycles. The third-order valence-electron chi connectivity index (χ3n) is 2.49. The average Bonchev–Trinajstić information content (AvgIpc) is 2.41. The molecule has 0 bridgehead atoms. The standard InChI is InChI=1S/C13H15N3O2/c1-3-9-4-5-11(12(6-9)17-2)18-13-15-7-10(14)8-16-13/h4-8H,3,14H2,1-2H3. The summed E-state index contributed by atoms with van der Waals surface area (Å²) in [7, 11) is 1.60. The number of methoxy groups -OCH3 is 1. The third-order valence-corrected chi connectivity index (χ3v) is 2.49. The zero-order valence-corrected chi connectivity index (χ0v) is 10.4. The maximum absolute atomic E-state index is 5.55. The highest BCUT2D eigenvalue weighted by Gasteiger charge is 2.07. The number of nitrogens with zero attached hydrogens (tertiary/aromatic N) is 2. The molecule has 1 heterocycles. The molecule has 0 fully saturated rings. The van der Waals surface area contributed by atoms with Crippen LogP contribution in [0.15, 0.2) is 30.6 Å². The van der Waals surface area contributed by atoms with Crippen LogP contribution in [0.1, 0.15) is 12.5 Å². The van der Waals surface area contributed by atoms with E-state index >= 15 is 0 Å². The van der Waals surface area contributed by atoms with Gasteiger partial charge < -0.3 is 15.2 Å². The van der Waals surface area contributed by atoms with Crippen molar-refractivity contribution < 1.29 is 9.47 Å². The molecule has 0 aliphatic carbocycles. The lowest BCUT2D eigenvalue weighted by atomic mass is 10.1. The van der Waals surface area contributed by atoms with Gasteiger partial charge in [0.15, 0.2) is 11.5 Å². The number of hydrogen-bond donors (Lipinski definition) is 1. The monoisotopic (exact) mass is 245 g/mol. The molecule has 0 saturated heterocycles. The molecule has 0 spiro atoms. The van der Waals surface area contributed by atoms with Crippen LogP contribution in [-0.2, 0) is 6.42 Å². The second-order valence-corrected chi connectivity index (χ2v) is 3.74. The van der Waals surface area contributed by atoms with Crippen LogP contribution in [0.3, 0.4) is 0 Å². The minimum Gasteiger partial charge on any atom is -0.493 e. The largest absolute Gasteiger partial charge is 0.493 e. The quantitative estimate of drug-likeness (QED) is 0.895. The van der Waals surface area contributed by atoms with E-state index in [1.54, 1.807) is 7.11 Å². The van der Waals surface area contributed by atoms with Gasteiger partial charge in [-0.25, -0.2) is 9.97 Å². The van der Waals surface area contributed by atoms with Gasteiger partial charge in [0.25, 0.3) is 0 Å². The zero-order chi connectivity index (χ0) is 13.0. The summed E-state index contributed by atoms with van der Waals surface area (Å²) < 4.78 is 10.8. The fraction of sp³-hybridized carbons (Fsp3) is 0.231. The third kappa shape index (κ3) is 2.68. The smallest absolute Gasteiger partial charge is 0.322 e. The van der Waals surface area contributed by atoms with Gasteiger partial charge in [-0.1, -0.05) is 13.0 Å². The number of aryl methyl sites for hydroxylation is 1.